The maximum atomic E-state index is 11.8. The van der Waals surface area contributed by atoms with E-state index in [1.807, 2.05) is 0 Å². The van der Waals surface area contributed by atoms with Gasteiger partial charge < -0.3 is 15.1 Å². The van der Waals surface area contributed by atoms with Gasteiger partial charge in [-0.05, 0) is 73.7 Å². The first kappa shape index (κ1) is 26.1. The molecule has 1 saturated heterocycles. The summed E-state index contributed by atoms with van der Waals surface area (Å²) in [7, 11) is -3.08. The Morgan fingerprint density at radius 1 is 1.12 bits per heavy atom. The second-order valence-electron chi connectivity index (χ2n) is 11.6. The normalized spacial score (nSPS) is 39.5. The van der Waals surface area contributed by atoms with Crippen molar-refractivity contribution >= 4 is 10.0 Å². The first-order valence-corrected chi connectivity index (χ1v) is 14.9. The van der Waals surface area contributed by atoms with E-state index in [-0.39, 0.29) is 0 Å². The molecule has 1 heterocycles. The van der Waals surface area contributed by atoms with E-state index in [9.17, 15) is 18.6 Å². The van der Waals surface area contributed by atoms with E-state index in [1.165, 1.54) is 31.9 Å². The topological polar surface area (TPSA) is 81.1 Å². The zero-order chi connectivity index (χ0) is 24.7. The second kappa shape index (κ2) is 10.2. The molecule has 6 nitrogen and oxygen atoms in total. The monoisotopic (exact) mass is 492 g/mol. The van der Waals surface area contributed by atoms with Crippen LogP contribution >= 0.6 is 0 Å². The lowest BCUT2D eigenvalue weighted by molar-refractivity contribution is 0.0699. The highest BCUT2D eigenvalue weighted by Gasteiger charge is 2.50. The molecule has 4 rings (SSSR count). The molecule has 0 radical (unpaired) electrons. The van der Waals surface area contributed by atoms with Gasteiger partial charge in [0.15, 0.2) is 0 Å². The van der Waals surface area contributed by atoms with Gasteiger partial charge in [0.2, 0.25) is 10.0 Å². The molecule has 192 valence electrons. The van der Waals surface area contributed by atoms with E-state index >= 15 is 0 Å². The first-order valence-electron chi connectivity index (χ1n) is 13.1. The van der Waals surface area contributed by atoms with Gasteiger partial charge in [0.25, 0.3) is 0 Å². The number of nitrogens with zero attached hydrogens (tertiary/aromatic N) is 2. The van der Waals surface area contributed by atoms with Gasteiger partial charge in [-0.3, -0.25) is 0 Å². The Labute approximate surface area is 206 Å². The number of aliphatic hydroxyl groups is 2. The van der Waals surface area contributed by atoms with Crippen molar-refractivity contribution in [2.75, 3.05) is 39.0 Å². The average Bonchev–Trinajstić information content (AvgIpc) is 3.13. The highest BCUT2D eigenvalue weighted by molar-refractivity contribution is 7.88. The minimum Gasteiger partial charge on any atom is -0.388 e. The Morgan fingerprint density at radius 3 is 2.38 bits per heavy atom. The van der Waals surface area contributed by atoms with Gasteiger partial charge in [-0.25, -0.2) is 8.42 Å². The Kier molecular flexibility index (Phi) is 7.80. The van der Waals surface area contributed by atoms with Crippen LogP contribution in [0.15, 0.2) is 35.5 Å². The van der Waals surface area contributed by atoms with Crippen molar-refractivity contribution in [2.24, 2.45) is 23.2 Å². The molecule has 2 N–H and O–H groups in total. The summed E-state index contributed by atoms with van der Waals surface area (Å²) in [5, 5.41) is 20.3. The number of sulfonamides is 1. The summed E-state index contributed by atoms with van der Waals surface area (Å²) in [6.45, 7) is 12.6. The van der Waals surface area contributed by atoms with Crippen LogP contribution in [0.4, 0.5) is 0 Å². The molecule has 0 amide bonds. The Hall–Kier alpha value is -0.990. The first-order chi connectivity index (χ1) is 16.0. The largest absolute Gasteiger partial charge is 0.388 e. The number of allylic oxidation sites excluding steroid dienone is 3. The third-order valence-electron chi connectivity index (χ3n) is 9.37. The highest BCUT2D eigenvalue weighted by atomic mass is 32.2. The fraction of sp³-hybridized carbons (Fsp3) is 0.778. The molecule has 0 aromatic carbocycles. The van der Waals surface area contributed by atoms with Crippen molar-refractivity contribution < 1.29 is 18.6 Å². The summed E-state index contributed by atoms with van der Waals surface area (Å²) in [5.41, 5.74) is 3.52. The minimum absolute atomic E-state index is 0.316. The van der Waals surface area contributed by atoms with Crippen LogP contribution < -0.4 is 0 Å². The van der Waals surface area contributed by atoms with Crippen LogP contribution in [0.3, 0.4) is 0 Å². The quantitative estimate of drug-likeness (QED) is 0.576. The molecular weight excluding hydrogens is 448 g/mol. The van der Waals surface area contributed by atoms with Gasteiger partial charge >= 0.3 is 0 Å². The fourth-order valence-electron chi connectivity index (χ4n) is 7.42. The summed E-state index contributed by atoms with van der Waals surface area (Å²) in [6.07, 6.45) is 11.8. The molecule has 4 fully saturated rings. The molecule has 0 bridgehead atoms. The van der Waals surface area contributed by atoms with Crippen LogP contribution in [0.5, 0.6) is 0 Å². The Bertz CT molecular complexity index is 918. The summed E-state index contributed by atoms with van der Waals surface area (Å²) < 4.78 is 25.3. The molecule has 1 aliphatic heterocycles. The molecule has 6 atom stereocenters. The smallest absolute Gasteiger partial charge is 0.211 e. The van der Waals surface area contributed by atoms with E-state index in [0.29, 0.717) is 54.7 Å². The van der Waals surface area contributed by atoms with Gasteiger partial charge in [0.05, 0.1) is 18.5 Å². The summed E-state index contributed by atoms with van der Waals surface area (Å²) in [6, 6.07) is 0. The van der Waals surface area contributed by atoms with E-state index < -0.39 is 22.2 Å². The number of hydrogen-bond acceptors (Lipinski definition) is 5. The molecule has 3 aliphatic carbocycles. The number of rotatable bonds is 5. The van der Waals surface area contributed by atoms with Crippen molar-refractivity contribution in [3.8, 4) is 0 Å². The zero-order valence-electron chi connectivity index (χ0n) is 21.2. The summed E-state index contributed by atoms with van der Waals surface area (Å²) in [5.74, 6) is 1.89. The van der Waals surface area contributed by atoms with Crippen molar-refractivity contribution in [3.63, 3.8) is 0 Å². The van der Waals surface area contributed by atoms with Crippen molar-refractivity contribution in [1.29, 1.82) is 0 Å². The molecule has 0 unspecified atom stereocenters. The van der Waals surface area contributed by atoms with Gasteiger partial charge in [0.1, 0.15) is 0 Å². The molecule has 3 saturated carbocycles. The van der Waals surface area contributed by atoms with E-state index in [4.69, 9.17) is 0 Å². The molecule has 0 aromatic heterocycles. The summed E-state index contributed by atoms with van der Waals surface area (Å²) in [4.78, 5) is 2.46. The predicted molar refractivity (Wildman–Crippen MR) is 137 cm³/mol. The van der Waals surface area contributed by atoms with Crippen molar-refractivity contribution in [3.05, 3.63) is 35.5 Å². The van der Waals surface area contributed by atoms with Crippen LogP contribution in [0.2, 0.25) is 0 Å². The van der Waals surface area contributed by atoms with E-state index in [2.05, 4.69) is 37.5 Å². The molecule has 0 spiro atoms. The predicted octanol–water partition coefficient (Wildman–Crippen LogP) is 3.34. The lowest BCUT2D eigenvalue weighted by Crippen LogP contribution is -2.50. The van der Waals surface area contributed by atoms with E-state index in [0.717, 1.165) is 31.6 Å². The van der Waals surface area contributed by atoms with Gasteiger partial charge in [-0.2, -0.15) is 4.31 Å². The van der Waals surface area contributed by atoms with Crippen LogP contribution in [0.1, 0.15) is 58.8 Å². The van der Waals surface area contributed by atoms with Crippen LogP contribution in [0, 0.1) is 23.2 Å². The van der Waals surface area contributed by atoms with Crippen LogP contribution in [-0.2, 0) is 10.0 Å². The van der Waals surface area contributed by atoms with Crippen LogP contribution in [-0.4, -0.2) is 79.0 Å². The highest BCUT2D eigenvalue weighted by Crippen LogP contribution is 2.59. The van der Waals surface area contributed by atoms with Crippen LogP contribution in [0.25, 0.3) is 0 Å². The third kappa shape index (κ3) is 5.39. The number of piperazine rings is 1. The Balaban J connectivity index is 1.40. The number of hydrogen-bond donors (Lipinski definition) is 2. The third-order valence-corrected chi connectivity index (χ3v) is 10.7. The minimum atomic E-state index is -3.08. The number of fused-ring (bicyclic) bond motifs is 1. The number of aliphatic hydroxyl groups excluding tert-OH is 2. The second-order valence-corrected chi connectivity index (χ2v) is 13.6. The molecule has 0 aromatic rings. The van der Waals surface area contributed by atoms with Crippen molar-refractivity contribution in [2.45, 2.75) is 71.0 Å². The zero-order valence-corrected chi connectivity index (χ0v) is 22.1. The Morgan fingerprint density at radius 2 is 1.76 bits per heavy atom. The maximum Gasteiger partial charge on any atom is 0.211 e. The van der Waals surface area contributed by atoms with Crippen molar-refractivity contribution in [1.82, 2.24) is 9.21 Å². The molecule has 7 heteroatoms. The average molecular weight is 493 g/mol. The SMILES string of the molecule is C=C1[C@H](O)CC(=CC=C2CCC[C@]3(C)[C@@H]([C@H](C)CN4CCN(S(C)(=O)=O)CC4)CC[C@@H]23)C[C@@H]1O. The van der Waals surface area contributed by atoms with Gasteiger partial charge in [-0.1, -0.05) is 43.7 Å². The molecular formula is C27H44N2O4S. The lowest BCUT2D eigenvalue weighted by Gasteiger charge is -2.45. The standard InChI is InChI=1S/C27H44N2O4S/c1-19(18-28-12-14-29(15-13-28)34(4,32)33)23-9-10-24-22(6-5-11-27(23,24)3)8-7-21-16-25(30)20(2)26(31)17-21/h7-8,19,23-26,30-31H,2,5-6,9-18H2,1,3-4H3/t19-,23-,24+,25-,26+,27-/m1/s1. The lowest BCUT2D eigenvalue weighted by atomic mass is 9.61. The van der Waals surface area contributed by atoms with Gasteiger partial charge in [0, 0.05) is 32.7 Å². The molecule has 4 aliphatic rings. The summed E-state index contributed by atoms with van der Waals surface area (Å²) >= 11 is 0. The van der Waals surface area contributed by atoms with Gasteiger partial charge in [-0.15, -0.1) is 0 Å². The fourth-order valence-corrected chi connectivity index (χ4v) is 8.24. The van der Waals surface area contributed by atoms with E-state index in [1.54, 1.807) is 9.88 Å². The molecule has 34 heavy (non-hydrogen) atoms. The maximum absolute atomic E-state index is 11.8.